The lowest BCUT2D eigenvalue weighted by Gasteiger charge is -2.36. The third kappa shape index (κ3) is 2.73. The molecule has 0 spiro atoms. The molecule has 1 heterocycles. The number of hydrogen-bond acceptors (Lipinski definition) is 4. The Morgan fingerprint density at radius 2 is 2.15 bits per heavy atom. The third-order valence-electron chi connectivity index (χ3n) is 3.11. The molecule has 1 aromatic carbocycles. The molecule has 0 radical (unpaired) electrons. The summed E-state index contributed by atoms with van der Waals surface area (Å²) in [5.41, 5.74) is -0.408. The number of benzene rings is 1. The van der Waals surface area contributed by atoms with Gasteiger partial charge < -0.3 is 19.8 Å². The first-order valence-electron chi connectivity index (χ1n) is 6.16. The molecular weight excluding hydrogens is 272 g/mol. The molecule has 1 aliphatic rings. The molecule has 110 valence electrons. The molecule has 2 N–H and O–H groups in total. The number of nitrogens with zero attached hydrogens (tertiary/aromatic N) is 1. The smallest absolute Gasteiger partial charge is 0.257 e. The van der Waals surface area contributed by atoms with Gasteiger partial charge in [0, 0.05) is 13.1 Å². The fourth-order valence-corrected chi connectivity index (χ4v) is 2.19. The van der Waals surface area contributed by atoms with Crippen molar-refractivity contribution in [2.45, 2.75) is 19.1 Å². The van der Waals surface area contributed by atoms with E-state index >= 15 is 0 Å². The van der Waals surface area contributed by atoms with E-state index in [9.17, 15) is 18.7 Å². The summed E-state index contributed by atoms with van der Waals surface area (Å²) < 4.78 is 32.1. The molecule has 1 fully saturated rings. The zero-order valence-electron chi connectivity index (χ0n) is 10.8. The van der Waals surface area contributed by atoms with Crippen LogP contribution in [-0.2, 0) is 4.74 Å². The van der Waals surface area contributed by atoms with E-state index in [4.69, 9.17) is 9.84 Å². The third-order valence-corrected chi connectivity index (χ3v) is 3.11. The van der Waals surface area contributed by atoms with Crippen LogP contribution in [0.3, 0.4) is 0 Å². The van der Waals surface area contributed by atoms with Gasteiger partial charge in [-0.15, -0.1) is 0 Å². The second kappa shape index (κ2) is 5.72. The zero-order chi connectivity index (χ0) is 14.9. The first-order valence-corrected chi connectivity index (χ1v) is 6.16. The molecular formula is C13H15F2NO4. The molecule has 1 saturated heterocycles. The molecule has 7 heteroatoms. The highest BCUT2D eigenvalue weighted by atomic mass is 19.1. The number of ether oxygens (including phenoxy) is 1. The van der Waals surface area contributed by atoms with E-state index in [0.29, 0.717) is 0 Å². The van der Waals surface area contributed by atoms with Gasteiger partial charge in [0.05, 0.1) is 24.4 Å². The first kappa shape index (κ1) is 14.7. The number of amides is 1. The quantitative estimate of drug-likeness (QED) is 0.847. The molecule has 0 aliphatic carbocycles. The van der Waals surface area contributed by atoms with Gasteiger partial charge >= 0.3 is 0 Å². The summed E-state index contributed by atoms with van der Waals surface area (Å²) in [7, 11) is 0. The Balaban J connectivity index is 2.25. The zero-order valence-corrected chi connectivity index (χ0v) is 10.8. The highest BCUT2D eigenvalue weighted by molar-refractivity contribution is 5.95. The average Bonchev–Trinajstić information content (AvgIpc) is 2.43. The number of hydrogen-bond donors (Lipinski definition) is 2. The van der Waals surface area contributed by atoms with Crippen molar-refractivity contribution in [3.8, 4) is 5.75 Å². The van der Waals surface area contributed by atoms with Crippen molar-refractivity contribution in [3.05, 3.63) is 29.3 Å². The van der Waals surface area contributed by atoms with Crippen LogP contribution in [0.5, 0.6) is 5.75 Å². The van der Waals surface area contributed by atoms with Crippen LogP contribution < -0.4 is 0 Å². The lowest BCUT2D eigenvalue weighted by atomic mass is 10.1. The van der Waals surface area contributed by atoms with Crippen molar-refractivity contribution in [1.82, 2.24) is 4.90 Å². The predicted octanol–water partition coefficient (Wildman–Crippen LogP) is 0.892. The Labute approximate surface area is 114 Å². The second-order valence-corrected chi connectivity index (χ2v) is 4.72. The van der Waals surface area contributed by atoms with Crippen LogP contribution in [0.25, 0.3) is 0 Å². The van der Waals surface area contributed by atoms with Crippen molar-refractivity contribution in [2.24, 2.45) is 0 Å². The minimum Gasteiger partial charge on any atom is -0.503 e. The van der Waals surface area contributed by atoms with Gasteiger partial charge in [-0.05, 0) is 19.1 Å². The SMILES string of the molecule is CC1CN(C(=O)c2ccc(F)c(O)c2F)CC(CO)O1. The summed E-state index contributed by atoms with van der Waals surface area (Å²) in [6, 6.07) is 1.82. The van der Waals surface area contributed by atoms with Crippen LogP contribution in [0.15, 0.2) is 12.1 Å². The largest absolute Gasteiger partial charge is 0.503 e. The van der Waals surface area contributed by atoms with Crippen LogP contribution in [-0.4, -0.2) is 52.9 Å². The molecule has 1 aliphatic heterocycles. The van der Waals surface area contributed by atoms with E-state index < -0.39 is 35.0 Å². The molecule has 20 heavy (non-hydrogen) atoms. The Morgan fingerprint density at radius 1 is 1.45 bits per heavy atom. The van der Waals surface area contributed by atoms with Crippen molar-refractivity contribution < 1.29 is 28.5 Å². The topological polar surface area (TPSA) is 70.0 Å². The summed E-state index contributed by atoms with van der Waals surface area (Å²) in [5.74, 6) is -4.25. The fraction of sp³-hybridized carbons (Fsp3) is 0.462. The molecule has 0 aromatic heterocycles. The van der Waals surface area contributed by atoms with E-state index in [1.165, 1.54) is 4.90 Å². The van der Waals surface area contributed by atoms with E-state index in [0.717, 1.165) is 12.1 Å². The van der Waals surface area contributed by atoms with Gasteiger partial charge in [-0.3, -0.25) is 4.79 Å². The number of phenolic OH excluding ortho intramolecular Hbond substituents is 1. The van der Waals surface area contributed by atoms with E-state index in [2.05, 4.69) is 0 Å². The number of carbonyl (C=O) groups excluding carboxylic acids is 1. The number of halogens is 2. The number of aliphatic hydroxyl groups is 1. The number of rotatable bonds is 2. The standard InChI is InChI=1S/C13H15F2NO4/c1-7-4-16(5-8(6-17)20-7)13(19)9-2-3-10(14)12(18)11(9)15/h2-3,7-8,17-18H,4-6H2,1H3. The first-order chi connectivity index (χ1) is 9.43. The summed E-state index contributed by atoms with van der Waals surface area (Å²) >= 11 is 0. The van der Waals surface area contributed by atoms with Crippen LogP contribution in [0.2, 0.25) is 0 Å². The minimum absolute atomic E-state index is 0.108. The van der Waals surface area contributed by atoms with Crippen molar-refractivity contribution in [3.63, 3.8) is 0 Å². The van der Waals surface area contributed by atoms with E-state index in [-0.39, 0.29) is 25.8 Å². The van der Waals surface area contributed by atoms with E-state index in [1.54, 1.807) is 6.92 Å². The van der Waals surface area contributed by atoms with Gasteiger partial charge in [-0.2, -0.15) is 0 Å². The fourth-order valence-electron chi connectivity index (χ4n) is 2.19. The maximum atomic E-state index is 13.7. The van der Waals surface area contributed by atoms with Gasteiger partial charge in [-0.25, -0.2) is 8.78 Å². The van der Waals surface area contributed by atoms with Gasteiger partial charge in [0.2, 0.25) is 0 Å². The Kier molecular flexibility index (Phi) is 4.20. The Hall–Kier alpha value is -1.73. The number of aliphatic hydroxyl groups excluding tert-OH is 1. The highest BCUT2D eigenvalue weighted by Gasteiger charge is 2.30. The molecule has 0 saturated carbocycles. The maximum Gasteiger partial charge on any atom is 0.257 e. The van der Waals surface area contributed by atoms with Gasteiger partial charge in [-0.1, -0.05) is 0 Å². The molecule has 1 aromatic rings. The maximum absolute atomic E-state index is 13.7. The summed E-state index contributed by atoms with van der Waals surface area (Å²) in [5, 5.41) is 18.3. The second-order valence-electron chi connectivity index (χ2n) is 4.72. The molecule has 1 amide bonds. The number of phenols is 1. The molecule has 2 atom stereocenters. The minimum atomic E-state index is -1.28. The average molecular weight is 287 g/mol. The normalized spacial score (nSPS) is 22.9. The monoisotopic (exact) mass is 287 g/mol. The number of morpholine rings is 1. The van der Waals surface area contributed by atoms with Gasteiger partial charge in [0.1, 0.15) is 0 Å². The van der Waals surface area contributed by atoms with Crippen molar-refractivity contribution in [2.75, 3.05) is 19.7 Å². The molecule has 5 nitrogen and oxygen atoms in total. The molecule has 0 bridgehead atoms. The summed E-state index contributed by atoms with van der Waals surface area (Å²) in [6.07, 6.45) is -0.846. The highest BCUT2D eigenvalue weighted by Crippen LogP contribution is 2.25. The Morgan fingerprint density at radius 3 is 2.80 bits per heavy atom. The predicted molar refractivity (Wildman–Crippen MR) is 65.3 cm³/mol. The van der Waals surface area contributed by atoms with E-state index in [1.807, 2.05) is 0 Å². The number of carbonyl (C=O) groups is 1. The number of aromatic hydroxyl groups is 1. The van der Waals surface area contributed by atoms with Crippen LogP contribution >= 0.6 is 0 Å². The molecule has 2 unspecified atom stereocenters. The van der Waals surface area contributed by atoms with Crippen molar-refractivity contribution in [1.29, 1.82) is 0 Å². The summed E-state index contributed by atoms with van der Waals surface area (Å²) in [6.45, 7) is 1.80. The van der Waals surface area contributed by atoms with Crippen LogP contribution in [0.4, 0.5) is 8.78 Å². The van der Waals surface area contributed by atoms with Gasteiger partial charge in [0.25, 0.3) is 5.91 Å². The Bertz CT molecular complexity index is 523. The lowest BCUT2D eigenvalue weighted by Crippen LogP contribution is -2.50. The van der Waals surface area contributed by atoms with Crippen LogP contribution in [0.1, 0.15) is 17.3 Å². The summed E-state index contributed by atoms with van der Waals surface area (Å²) in [4.78, 5) is 13.5. The molecule has 2 rings (SSSR count). The lowest BCUT2D eigenvalue weighted by molar-refractivity contribution is -0.0859. The van der Waals surface area contributed by atoms with Crippen molar-refractivity contribution >= 4 is 5.91 Å². The van der Waals surface area contributed by atoms with Gasteiger partial charge in [0.15, 0.2) is 17.4 Å². The van der Waals surface area contributed by atoms with Crippen LogP contribution in [0, 0.1) is 11.6 Å².